The van der Waals surface area contributed by atoms with Crippen molar-refractivity contribution in [3.63, 3.8) is 0 Å². The fourth-order valence-electron chi connectivity index (χ4n) is 2.40. The molecule has 0 saturated carbocycles. The molecule has 0 aliphatic heterocycles. The molecule has 2 aromatic carbocycles. The highest BCUT2D eigenvalue weighted by Crippen LogP contribution is 2.11. The molecule has 2 aromatic rings. The Morgan fingerprint density at radius 3 is 2.34 bits per heavy atom. The van der Waals surface area contributed by atoms with Crippen LogP contribution < -0.4 is 15.4 Å². The minimum Gasteiger partial charge on any atom is -0.497 e. The first-order chi connectivity index (χ1) is 13.4. The second-order valence-electron chi connectivity index (χ2n) is 6.59. The zero-order chi connectivity index (χ0) is 20.5. The van der Waals surface area contributed by atoms with Gasteiger partial charge >= 0.3 is 0 Å². The Balaban J connectivity index is 0.00000420. The number of carbonyl (C=O) groups excluding carboxylic acids is 1. The van der Waals surface area contributed by atoms with Crippen LogP contribution in [0.25, 0.3) is 0 Å². The van der Waals surface area contributed by atoms with Crippen molar-refractivity contribution in [3.05, 3.63) is 65.0 Å². The highest BCUT2D eigenvalue weighted by atomic mass is 127. The van der Waals surface area contributed by atoms with Crippen molar-refractivity contribution in [1.82, 2.24) is 15.5 Å². The maximum Gasteiger partial charge on any atom is 0.241 e. The molecular formula is C21H28FIN4O2. The molecule has 0 aliphatic rings. The van der Waals surface area contributed by atoms with E-state index in [9.17, 15) is 9.18 Å². The number of halogens is 2. The summed E-state index contributed by atoms with van der Waals surface area (Å²) < 4.78 is 18.6. The summed E-state index contributed by atoms with van der Waals surface area (Å²) in [7, 11) is 5.03. The molecule has 0 aliphatic carbocycles. The summed E-state index contributed by atoms with van der Waals surface area (Å²) in [5, 5.41) is 6.26. The lowest BCUT2D eigenvalue weighted by atomic mass is 10.1. The van der Waals surface area contributed by atoms with E-state index in [4.69, 9.17) is 4.74 Å². The summed E-state index contributed by atoms with van der Waals surface area (Å²) in [6.07, 6.45) is 0. The number of amides is 1. The number of aryl methyl sites for hydroxylation is 1. The zero-order valence-corrected chi connectivity index (χ0v) is 19.5. The van der Waals surface area contributed by atoms with Gasteiger partial charge in [0, 0.05) is 20.6 Å². The van der Waals surface area contributed by atoms with E-state index in [-0.39, 0.29) is 42.2 Å². The monoisotopic (exact) mass is 514 g/mol. The van der Waals surface area contributed by atoms with E-state index in [0.717, 1.165) is 16.9 Å². The molecule has 0 radical (unpaired) electrons. The Hall–Kier alpha value is -2.36. The van der Waals surface area contributed by atoms with Crippen LogP contribution in [0.3, 0.4) is 0 Å². The summed E-state index contributed by atoms with van der Waals surface area (Å²) in [5.74, 6) is 1.00. The van der Waals surface area contributed by atoms with Crippen molar-refractivity contribution in [2.24, 2.45) is 4.99 Å². The Bertz CT molecular complexity index is 826. The number of carbonyl (C=O) groups is 1. The van der Waals surface area contributed by atoms with E-state index < -0.39 is 0 Å². The van der Waals surface area contributed by atoms with E-state index in [1.54, 1.807) is 40.3 Å². The number of hydrogen-bond acceptors (Lipinski definition) is 3. The fraction of sp³-hybridized carbons (Fsp3) is 0.333. The largest absolute Gasteiger partial charge is 0.497 e. The first kappa shape index (κ1) is 24.7. The third kappa shape index (κ3) is 8.26. The van der Waals surface area contributed by atoms with Gasteiger partial charge in [0.25, 0.3) is 0 Å². The van der Waals surface area contributed by atoms with Crippen molar-refractivity contribution in [3.8, 4) is 5.75 Å². The number of guanidine groups is 1. The Labute approximate surface area is 188 Å². The molecule has 8 heteroatoms. The van der Waals surface area contributed by atoms with E-state index in [1.165, 1.54) is 11.0 Å². The van der Waals surface area contributed by atoms with E-state index in [2.05, 4.69) is 15.6 Å². The Morgan fingerprint density at radius 1 is 1.10 bits per heavy atom. The predicted molar refractivity (Wildman–Crippen MR) is 124 cm³/mol. The standard InChI is InChI=1S/C21H27FN4O2.HI/c1-15-11-17(7-10-19(15)22)13-24-21(25-14-20(27)26(2)3)23-12-16-5-8-18(28-4)9-6-16;/h5-11H,12-14H2,1-4H3,(H2,23,24,25);1H. The number of nitrogens with zero attached hydrogens (tertiary/aromatic N) is 2. The van der Waals surface area contributed by atoms with Gasteiger partial charge in [-0.1, -0.05) is 24.3 Å². The number of ether oxygens (including phenoxy) is 1. The van der Waals surface area contributed by atoms with Crippen LogP contribution in [-0.2, 0) is 17.9 Å². The Morgan fingerprint density at radius 2 is 1.76 bits per heavy atom. The minimum absolute atomic E-state index is 0. The maximum atomic E-state index is 13.4. The molecule has 0 spiro atoms. The lowest BCUT2D eigenvalue weighted by molar-refractivity contribution is -0.127. The van der Waals surface area contributed by atoms with Gasteiger partial charge < -0.3 is 20.3 Å². The lowest BCUT2D eigenvalue weighted by Gasteiger charge is -2.15. The second-order valence-corrected chi connectivity index (χ2v) is 6.59. The summed E-state index contributed by atoms with van der Waals surface area (Å²) in [4.78, 5) is 17.9. The van der Waals surface area contributed by atoms with Gasteiger partial charge in [-0.05, 0) is 41.8 Å². The molecule has 0 fully saturated rings. The minimum atomic E-state index is -0.236. The summed E-state index contributed by atoms with van der Waals surface area (Å²) in [6.45, 7) is 2.76. The molecule has 29 heavy (non-hydrogen) atoms. The van der Waals surface area contributed by atoms with Gasteiger partial charge in [-0.2, -0.15) is 0 Å². The van der Waals surface area contributed by atoms with Crippen molar-refractivity contribution in [2.75, 3.05) is 27.7 Å². The number of benzene rings is 2. The van der Waals surface area contributed by atoms with Gasteiger partial charge in [-0.3, -0.25) is 4.79 Å². The number of likely N-dealkylation sites (N-methyl/N-ethyl adjacent to an activating group) is 1. The number of hydrogen-bond donors (Lipinski definition) is 2. The zero-order valence-electron chi connectivity index (χ0n) is 17.2. The van der Waals surface area contributed by atoms with Crippen molar-refractivity contribution >= 4 is 35.8 Å². The van der Waals surface area contributed by atoms with E-state index in [0.29, 0.717) is 24.6 Å². The lowest BCUT2D eigenvalue weighted by Crippen LogP contribution is -2.42. The fourth-order valence-corrected chi connectivity index (χ4v) is 2.40. The molecule has 2 rings (SSSR count). The molecule has 2 N–H and O–H groups in total. The molecule has 0 unspecified atom stereocenters. The molecule has 0 aromatic heterocycles. The number of rotatable bonds is 7. The number of aliphatic imine (C=N–C) groups is 1. The smallest absolute Gasteiger partial charge is 0.241 e. The molecule has 0 bridgehead atoms. The van der Waals surface area contributed by atoms with Gasteiger partial charge in [0.15, 0.2) is 5.96 Å². The second kappa shape index (κ2) is 12.3. The van der Waals surface area contributed by atoms with Crippen LogP contribution >= 0.6 is 24.0 Å². The third-order valence-electron chi connectivity index (χ3n) is 4.17. The highest BCUT2D eigenvalue weighted by molar-refractivity contribution is 14.0. The van der Waals surface area contributed by atoms with Crippen LogP contribution in [0.5, 0.6) is 5.75 Å². The predicted octanol–water partition coefficient (Wildman–Crippen LogP) is 3.08. The molecule has 0 heterocycles. The van der Waals surface area contributed by atoms with Crippen molar-refractivity contribution < 1.29 is 13.9 Å². The van der Waals surface area contributed by atoms with Gasteiger partial charge in [-0.25, -0.2) is 9.38 Å². The first-order valence-corrected chi connectivity index (χ1v) is 8.99. The molecule has 0 saturated heterocycles. The van der Waals surface area contributed by atoms with Gasteiger partial charge in [0.1, 0.15) is 11.6 Å². The molecular weight excluding hydrogens is 486 g/mol. The van der Waals surface area contributed by atoms with Crippen LogP contribution in [0.2, 0.25) is 0 Å². The highest BCUT2D eigenvalue weighted by Gasteiger charge is 2.07. The quantitative estimate of drug-likeness (QED) is 0.339. The van der Waals surface area contributed by atoms with Crippen LogP contribution in [0, 0.1) is 12.7 Å². The van der Waals surface area contributed by atoms with Gasteiger partial charge in [0.05, 0.1) is 20.2 Å². The number of methoxy groups -OCH3 is 1. The first-order valence-electron chi connectivity index (χ1n) is 8.99. The van der Waals surface area contributed by atoms with Crippen molar-refractivity contribution in [1.29, 1.82) is 0 Å². The maximum absolute atomic E-state index is 13.4. The van der Waals surface area contributed by atoms with Crippen LogP contribution in [0.1, 0.15) is 16.7 Å². The normalized spacial score (nSPS) is 10.7. The van der Waals surface area contributed by atoms with Crippen molar-refractivity contribution in [2.45, 2.75) is 20.0 Å². The van der Waals surface area contributed by atoms with Gasteiger partial charge in [0.2, 0.25) is 5.91 Å². The molecule has 158 valence electrons. The van der Waals surface area contributed by atoms with Crippen LogP contribution in [0.15, 0.2) is 47.5 Å². The summed E-state index contributed by atoms with van der Waals surface area (Å²) >= 11 is 0. The average Bonchev–Trinajstić information content (AvgIpc) is 2.69. The number of nitrogens with one attached hydrogen (secondary N) is 2. The molecule has 1 amide bonds. The van der Waals surface area contributed by atoms with E-state index in [1.807, 2.05) is 24.3 Å². The SMILES string of the molecule is COc1ccc(CNC(=NCc2ccc(F)c(C)c2)NCC(=O)N(C)C)cc1.I. The van der Waals surface area contributed by atoms with E-state index >= 15 is 0 Å². The van der Waals surface area contributed by atoms with Crippen LogP contribution in [0.4, 0.5) is 4.39 Å². The Kier molecular flexibility index (Phi) is 10.4. The summed E-state index contributed by atoms with van der Waals surface area (Å²) in [5.41, 5.74) is 2.52. The topological polar surface area (TPSA) is 66.0 Å². The average molecular weight is 514 g/mol. The molecule has 6 nitrogen and oxygen atoms in total. The third-order valence-corrected chi connectivity index (χ3v) is 4.17. The molecule has 0 atom stereocenters. The van der Waals surface area contributed by atoms with Gasteiger partial charge in [-0.15, -0.1) is 24.0 Å². The van der Waals surface area contributed by atoms with Crippen LogP contribution in [-0.4, -0.2) is 44.5 Å². The summed E-state index contributed by atoms with van der Waals surface area (Å²) in [6, 6.07) is 12.6.